The molecule has 3 fully saturated rings. The van der Waals surface area contributed by atoms with E-state index in [2.05, 4.69) is 33.0 Å². The van der Waals surface area contributed by atoms with Gasteiger partial charge in [0, 0.05) is 55.7 Å². The van der Waals surface area contributed by atoms with Gasteiger partial charge in [0.05, 0.1) is 12.3 Å². The molecule has 3 heterocycles. The number of hydrogen-bond acceptors (Lipinski definition) is 6. The predicted octanol–water partition coefficient (Wildman–Crippen LogP) is 4.22. The molecular formula is C23H30F3N5O2. The molecule has 2 saturated carbocycles. The van der Waals surface area contributed by atoms with Crippen LogP contribution in [0.25, 0.3) is 11.3 Å². The summed E-state index contributed by atoms with van der Waals surface area (Å²) in [4.78, 5) is 11.3. The summed E-state index contributed by atoms with van der Waals surface area (Å²) >= 11 is 0. The number of nitrogens with two attached hydrogens (primary N) is 1. The first-order valence-corrected chi connectivity index (χ1v) is 11.6. The second kappa shape index (κ2) is 8.47. The maximum Gasteiger partial charge on any atom is 0.573 e. The molecule has 5 rings (SSSR count). The topological polar surface area (TPSA) is 78.4 Å². The Morgan fingerprint density at radius 3 is 2.64 bits per heavy atom. The van der Waals surface area contributed by atoms with Gasteiger partial charge in [0.25, 0.3) is 0 Å². The van der Waals surface area contributed by atoms with Crippen LogP contribution in [0.5, 0.6) is 5.75 Å². The molecular weight excluding hydrogens is 435 g/mol. The summed E-state index contributed by atoms with van der Waals surface area (Å²) in [6, 6.07) is 2.28. The molecule has 4 atom stereocenters. The number of aromatic nitrogens is 3. The molecule has 1 unspecified atom stereocenters. The Morgan fingerprint density at radius 1 is 1.18 bits per heavy atom. The Labute approximate surface area is 191 Å². The van der Waals surface area contributed by atoms with Crippen LogP contribution < -0.4 is 10.5 Å². The number of halogens is 3. The smallest absolute Gasteiger partial charge is 0.402 e. The Kier molecular flexibility index (Phi) is 5.76. The molecule has 0 spiro atoms. The van der Waals surface area contributed by atoms with E-state index in [9.17, 15) is 13.2 Å². The van der Waals surface area contributed by atoms with Crippen LogP contribution in [0.15, 0.2) is 18.5 Å². The van der Waals surface area contributed by atoms with Gasteiger partial charge in [0.2, 0.25) is 0 Å². The fourth-order valence-corrected chi connectivity index (χ4v) is 5.63. The number of imidazole rings is 1. The van der Waals surface area contributed by atoms with Crippen LogP contribution in [0.4, 0.5) is 19.0 Å². The molecule has 7 nitrogen and oxygen atoms in total. The number of nitrogens with zero attached hydrogens (tertiary/aromatic N) is 4. The first-order chi connectivity index (χ1) is 15.7. The van der Waals surface area contributed by atoms with E-state index in [1.807, 2.05) is 6.20 Å². The van der Waals surface area contributed by atoms with E-state index < -0.39 is 12.1 Å². The van der Waals surface area contributed by atoms with Crippen LogP contribution >= 0.6 is 0 Å². The van der Waals surface area contributed by atoms with Crippen molar-refractivity contribution in [3.05, 3.63) is 24.3 Å². The van der Waals surface area contributed by atoms with Crippen molar-refractivity contribution >= 4 is 5.82 Å². The van der Waals surface area contributed by atoms with E-state index in [0.29, 0.717) is 35.2 Å². The highest BCUT2D eigenvalue weighted by Gasteiger charge is 2.58. The minimum atomic E-state index is -4.83. The fraction of sp³-hybridized carbons (Fsp3) is 0.652. The van der Waals surface area contributed by atoms with Crippen LogP contribution in [-0.4, -0.2) is 58.1 Å². The number of pyridine rings is 1. The Bertz CT molecular complexity index is 988. The zero-order chi connectivity index (χ0) is 23.3. The molecule has 0 amide bonds. The van der Waals surface area contributed by atoms with E-state index in [-0.39, 0.29) is 11.7 Å². The van der Waals surface area contributed by atoms with Crippen molar-refractivity contribution < 1.29 is 22.6 Å². The first-order valence-electron chi connectivity index (χ1n) is 11.6. The SMILES string of the molecule is CC(C)c1nc(-c2cnc(N)c(OC(F)(F)F)c2)cn1[C@H]1[C@@H]2CC(N3CCCOCC3)C[C@@H]21. The van der Waals surface area contributed by atoms with Crippen molar-refractivity contribution in [1.82, 2.24) is 19.4 Å². The minimum absolute atomic E-state index is 0.186. The average molecular weight is 466 g/mol. The normalized spacial score (nSPS) is 28.1. The van der Waals surface area contributed by atoms with Gasteiger partial charge in [0.15, 0.2) is 11.6 Å². The molecule has 2 N–H and O–H groups in total. The summed E-state index contributed by atoms with van der Waals surface area (Å²) < 4.78 is 50.1. The van der Waals surface area contributed by atoms with Crippen molar-refractivity contribution in [3.63, 3.8) is 0 Å². The maximum absolute atomic E-state index is 12.7. The largest absolute Gasteiger partial charge is 0.573 e. The number of anilines is 1. The average Bonchev–Trinajstić information content (AvgIpc) is 3.08. The van der Waals surface area contributed by atoms with Crippen molar-refractivity contribution in [1.29, 1.82) is 0 Å². The summed E-state index contributed by atoms with van der Waals surface area (Å²) in [5.74, 6) is 1.56. The summed E-state index contributed by atoms with van der Waals surface area (Å²) in [5, 5.41) is 0. The molecule has 3 aliphatic rings. The molecule has 2 aliphatic carbocycles. The molecule has 33 heavy (non-hydrogen) atoms. The second-order valence-electron chi connectivity index (χ2n) is 9.65. The van der Waals surface area contributed by atoms with E-state index in [1.54, 1.807) is 0 Å². The third-order valence-electron chi connectivity index (χ3n) is 7.15. The van der Waals surface area contributed by atoms with Gasteiger partial charge in [0.1, 0.15) is 5.82 Å². The quantitative estimate of drug-likeness (QED) is 0.712. The number of rotatable bonds is 5. The van der Waals surface area contributed by atoms with Crippen LogP contribution in [0.1, 0.15) is 50.9 Å². The van der Waals surface area contributed by atoms with Crippen molar-refractivity contribution in [2.24, 2.45) is 11.8 Å². The molecule has 0 aromatic carbocycles. The van der Waals surface area contributed by atoms with Crippen LogP contribution in [-0.2, 0) is 4.74 Å². The Morgan fingerprint density at radius 2 is 1.94 bits per heavy atom. The highest BCUT2D eigenvalue weighted by atomic mass is 19.4. The van der Waals surface area contributed by atoms with Gasteiger partial charge in [-0.1, -0.05) is 13.8 Å². The van der Waals surface area contributed by atoms with Gasteiger partial charge in [-0.25, -0.2) is 9.97 Å². The highest BCUT2D eigenvalue weighted by molar-refractivity contribution is 5.64. The molecule has 180 valence electrons. The molecule has 1 saturated heterocycles. The summed E-state index contributed by atoms with van der Waals surface area (Å²) in [5.41, 5.74) is 6.63. The third kappa shape index (κ3) is 4.55. The van der Waals surface area contributed by atoms with Crippen LogP contribution in [0.3, 0.4) is 0 Å². The van der Waals surface area contributed by atoms with Gasteiger partial charge >= 0.3 is 6.36 Å². The summed E-state index contributed by atoms with van der Waals surface area (Å²) in [7, 11) is 0. The number of nitrogen functional groups attached to an aromatic ring is 1. The van der Waals surface area contributed by atoms with Crippen molar-refractivity contribution in [2.75, 3.05) is 32.0 Å². The fourth-order valence-electron chi connectivity index (χ4n) is 5.63. The number of ether oxygens (including phenoxy) is 2. The van der Waals surface area contributed by atoms with E-state index in [1.165, 1.54) is 25.1 Å². The Balaban J connectivity index is 1.35. The third-order valence-corrected chi connectivity index (χ3v) is 7.15. The van der Waals surface area contributed by atoms with E-state index >= 15 is 0 Å². The van der Waals surface area contributed by atoms with Crippen molar-refractivity contribution in [2.45, 2.75) is 57.5 Å². The lowest BCUT2D eigenvalue weighted by Gasteiger charge is -2.29. The molecule has 1 aliphatic heterocycles. The summed E-state index contributed by atoms with van der Waals surface area (Å²) in [6.07, 6.45) is 2.00. The number of fused-ring (bicyclic) bond motifs is 1. The monoisotopic (exact) mass is 465 g/mol. The molecule has 0 radical (unpaired) electrons. The summed E-state index contributed by atoms with van der Waals surface area (Å²) in [6.45, 7) is 7.94. The van der Waals surface area contributed by atoms with E-state index in [0.717, 1.165) is 38.5 Å². The highest BCUT2D eigenvalue weighted by Crippen LogP contribution is 2.62. The minimum Gasteiger partial charge on any atom is -0.402 e. The molecule has 10 heteroatoms. The van der Waals surface area contributed by atoms with Gasteiger partial charge in [-0.15, -0.1) is 13.2 Å². The Hall–Kier alpha value is -2.33. The second-order valence-corrected chi connectivity index (χ2v) is 9.65. The van der Waals surface area contributed by atoms with Gasteiger partial charge in [-0.05, 0) is 37.2 Å². The molecule has 2 aromatic heterocycles. The molecule has 0 bridgehead atoms. The first kappa shape index (κ1) is 22.5. The number of hydrogen-bond donors (Lipinski definition) is 1. The van der Waals surface area contributed by atoms with E-state index in [4.69, 9.17) is 15.5 Å². The maximum atomic E-state index is 12.7. The van der Waals surface area contributed by atoms with Gasteiger partial charge in [-0.3, -0.25) is 4.90 Å². The zero-order valence-corrected chi connectivity index (χ0v) is 18.9. The molecule has 2 aromatic rings. The lowest BCUT2D eigenvalue weighted by Crippen LogP contribution is -2.36. The van der Waals surface area contributed by atoms with Crippen LogP contribution in [0, 0.1) is 11.8 Å². The standard InChI is InChI=1S/C23H30F3N5O2/c1-13(2)22-29-18(14-8-19(21(27)28-11-14)33-23(24,25)26)12-31(22)20-16-9-15(10-17(16)20)30-4-3-6-32-7-5-30/h8,11-13,15-17,20H,3-7,9-10H2,1-2H3,(H2,27,28)/t15?,16-,17+,20+. The zero-order valence-electron chi connectivity index (χ0n) is 18.9. The lowest BCUT2D eigenvalue weighted by atomic mass is 10.1. The predicted molar refractivity (Wildman–Crippen MR) is 117 cm³/mol. The lowest BCUT2D eigenvalue weighted by molar-refractivity contribution is -0.274. The van der Waals surface area contributed by atoms with Gasteiger partial charge < -0.3 is 19.8 Å². The number of alkyl halides is 3. The van der Waals surface area contributed by atoms with Gasteiger partial charge in [-0.2, -0.15) is 0 Å². The van der Waals surface area contributed by atoms with Crippen LogP contribution in [0.2, 0.25) is 0 Å². The van der Waals surface area contributed by atoms with Crippen molar-refractivity contribution in [3.8, 4) is 17.0 Å².